The number of aryl methyl sites for hydroxylation is 2. The smallest absolute Gasteiger partial charge is 0.0964 e. The predicted octanol–water partition coefficient (Wildman–Crippen LogP) is 0.850. The Labute approximate surface area is 108 Å². The van der Waals surface area contributed by atoms with Gasteiger partial charge in [-0.05, 0) is 29.9 Å². The molecule has 0 aliphatic rings. The third-order valence-corrected chi connectivity index (χ3v) is 3.55. The van der Waals surface area contributed by atoms with Gasteiger partial charge in [-0.25, -0.2) is 4.68 Å². The van der Waals surface area contributed by atoms with Crippen molar-refractivity contribution in [1.82, 2.24) is 30.1 Å². The van der Waals surface area contributed by atoms with Crippen molar-refractivity contribution in [1.29, 1.82) is 0 Å². The molecule has 0 atom stereocenters. The topological polar surface area (TPSA) is 60.6 Å². The van der Waals surface area contributed by atoms with Crippen molar-refractivity contribution >= 4 is 15.9 Å². The van der Waals surface area contributed by atoms with Gasteiger partial charge < -0.3 is 5.32 Å². The van der Waals surface area contributed by atoms with E-state index in [0.29, 0.717) is 6.54 Å². The molecule has 17 heavy (non-hydrogen) atoms. The summed E-state index contributed by atoms with van der Waals surface area (Å²) in [7, 11) is 3.82. The molecule has 0 amide bonds. The maximum absolute atomic E-state index is 4.35. The summed E-state index contributed by atoms with van der Waals surface area (Å²) in [6.07, 6.45) is 1.94. The van der Waals surface area contributed by atoms with Crippen molar-refractivity contribution in [2.24, 2.45) is 7.05 Å². The number of aromatic nitrogens is 5. The maximum Gasteiger partial charge on any atom is 0.0964 e. The maximum atomic E-state index is 4.35. The van der Waals surface area contributed by atoms with Gasteiger partial charge in [0.15, 0.2) is 0 Å². The number of hydrogen-bond donors (Lipinski definition) is 1. The average molecular weight is 299 g/mol. The normalized spacial score (nSPS) is 11.1. The Hall–Kier alpha value is -1.21. The highest BCUT2D eigenvalue weighted by molar-refractivity contribution is 9.10. The first kappa shape index (κ1) is 12.3. The highest BCUT2D eigenvalue weighted by Crippen LogP contribution is 2.20. The molecular weight excluding hydrogens is 284 g/mol. The number of nitrogens with zero attached hydrogens (tertiary/aromatic N) is 5. The van der Waals surface area contributed by atoms with Crippen LogP contribution in [0.1, 0.15) is 17.1 Å². The Balaban J connectivity index is 2.19. The molecule has 1 N–H and O–H groups in total. The fourth-order valence-corrected chi connectivity index (χ4v) is 2.14. The lowest BCUT2D eigenvalue weighted by atomic mass is 10.3. The largest absolute Gasteiger partial charge is 0.314 e. The number of hydrogen-bond acceptors (Lipinski definition) is 4. The molecule has 0 saturated heterocycles. The molecule has 0 saturated carbocycles. The van der Waals surface area contributed by atoms with Gasteiger partial charge in [-0.15, -0.1) is 5.10 Å². The van der Waals surface area contributed by atoms with Crippen LogP contribution in [0.2, 0.25) is 0 Å². The van der Waals surface area contributed by atoms with Crippen LogP contribution in [-0.4, -0.2) is 31.8 Å². The lowest BCUT2D eigenvalue weighted by Crippen LogP contribution is -2.07. The molecule has 0 aromatic carbocycles. The lowest BCUT2D eigenvalue weighted by Gasteiger charge is -2.02. The Morgan fingerprint density at radius 2 is 2.24 bits per heavy atom. The molecule has 2 heterocycles. The fourth-order valence-electron chi connectivity index (χ4n) is 1.68. The van der Waals surface area contributed by atoms with E-state index in [2.05, 4.69) is 36.7 Å². The average Bonchev–Trinajstić information content (AvgIpc) is 2.81. The van der Waals surface area contributed by atoms with E-state index in [1.54, 1.807) is 0 Å². The van der Waals surface area contributed by atoms with Crippen LogP contribution in [0.15, 0.2) is 10.7 Å². The number of rotatable bonds is 4. The van der Waals surface area contributed by atoms with Crippen LogP contribution in [0.3, 0.4) is 0 Å². The van der Waals surface area contributed by atoms with Crippen molar-refractivity contribution in [3.8, 4) is 0 Å². The SMILES string of the molecule is CNCc1cn(Cc2c(Br)c(C)nn2C)nn1. The molecule has 7 heteroatoms. The summed E-state index contributed by atoms with van der Waals surface area (Å²) in [5.74, 6) is 0. The molecule has 0 unspecified atom stereocenters. The van der Waals surface area contributed by atoms with E-state index in [1.807, 2.05) is 36.6 Å². The molecule has 2 rings (SSSR count). The first-order valence-electron chi connectivity index (χ1n) is 5.33. The summed E-state index contributed by atoms with van der Waals surface area (Å²) in [6, 6.07) is 0. The van der Waals surface area contributed by atoms with Gasteiger partial charge in [0.1, 0.15) is 0 Å². The molecular formula is C10H15BrN6. The van der Waals surface area contributed by atoms with Crippen molar-refractivity contribution < 1.29 is 0 Å². The molecule has 0 bridgehead atoms. The standard InChI is InChI=1S/C10H15BrN6/c1-7-10(11)9(16(3)14-7)6-17-5-8(4-12-2)13-15-17/h5,12H,4,6H2,1-3H3. The Kier molecular flexibility index (Phi) is 3.58. The molecule has 6 nitrogen and oxygen atoms in total. The predicted molar refractivity (Wildman–Crippen MR) is 67.5 cm³/mol. The molecule has 92 valence electrons. The van der Waals surface area contributed by atoms with Gasteiger partial charge in [-0.1, -0.05) is 5.21 Å². The minimum Gasteiger partial charge on any atom is -0.314 e. The Bertz CT molecular complexity index is 515. The summed E-state index contributed by atoms with van der Waals surface area (Å²) in [4.78, 5) is 0. The second kappa shape index (κ2) is 4.97. The molecule has 0 spiro atoms. The quantitative estimate of drug-likeness (QED) is 0.909. The van der Waals surface area contributed by atoms with Gasteiger partial charge in [-0.2, -0.15) is 5.10 Å². The molecule has 0 aliphatic heterocycles. The summed E-state index contributed by atoms with van der Waals surface area (Å²) in [6.45, 7) is 3.36. The fraction of sp³-hybridized carbons (Fsp3) is 0.500. The minimum atomic E-state index is 0.661. The summed E-state index contributed by atoms with van der Waals surface area (Å²) in [5, 5.41) is 15.6. The van der Waals surface area contributed by atoms with Crippen molar-refractivity contribution in [2.45, 2.75) is 20.0 Å². The van der Waals surface area contributed by atoms with Crippen LogP contribution in [0, 0.1) is 6.92 Å². The molecule has 2 aromatic rings. The van der Waals surface area contributed by atoms with Crippen molar-refractivity contribution in [3.05, 3.63) is 27.8 Å². The number of halogens is 1. The zero-order valence-corrected chi connectivity index (χ0v) is 11.7. The Morgan fingerprint density at radius 3 is 2.82 bits per heavy atom. The van der Waals surface area contributed by atoms with Crippen molar-refractivity contribution in [3.63, 3.8) is 0 Å². The van der Waals surface area contributed by atoms with Crippen LogP contribution in [0.25, 0.3) is 0 Å². The zero-order chi connectivity index (χ0) is 12.4. The van der Waals surface area contributed by atoms with Crippen LogP contribution in [0.5, 0.6) is 0 Å². The monoisotopic (exact) mass is 298 g/mol. The minimum absolute atomic E-state index is 0.661. The second-order valence-corrected chi connectivity index (χ2v) is 4.70. The lowest BCUT2D eigenvalue weighted by molar-refractivity contribution is 0.597. The summed E-state index contributed by atoms with van der Waals surface area (Å²) in [5.41, 5.74) is 3.00. The zero-order valence-electron chi connectivity index (χ0n) is 10.1. The van der Waals surface area contributed by atoms with E-state index in [4.69, 9.17) is 0 Å². The third kappa shape index (κ3) is 2.55. The van der Waals surface area contributed by atoms with Crippen LogP contribution in [0.4, 0.5) is 0 Å². The van der Waals surface area contributed by atoms with Gasteiger partial charge in [0, 0.05) is 13.6 Å². The van der Waals surface area contributed by atoms with E-state index in [9.17, 15) is 0 Å². The van der Waals surface area contributed by atoms with Crippen LogP contribution >= 0.6 is 15.9 Å². The first-order valence-corrected chi connectivity index (χ1v) is 6.12. The second-order valence-electron chi connectivity index (χ2n) is 3.91. The first-order chi connectivity index (χ1) is 8.11. The third-order valence-electron chi connectivity index (χ3n) is 2.52. The molecule has 2 aromatic heterocycles. The molecule has 0 aliphatic carbocycles. The van der Waals surface area contributed by atoms with Gasteiger partial charge in [0.2, 0.25) is 0 Å². The number of nitrogens with one attached hydrogen (secondary N) is 1. The molecule has 0 fully saturated rings. The van der Waals surface area contributed by atoms with Gasteiger partial charge in [-0.3, -0.25) is 4.68 Å². The van der Waals surface area contributed by atoms with Gasteiger partial charge in [0.25, 0.3) is 0 Å². The van der Waals surface area contributed by atoms with E-state index in [1.165, 1.54) is 0 Å². The van der Waals surface area contributed by atoms with E-state index >= 15 is 0 Å². The Morgan fingerprint density at radius 1 is 1.47 bits per heavy atom. The summed E-state index contributed by atoms with van der Waals surface area (Å²) < 4.78 is 4.71. The van der Waals surface area contributed by atoms with E-state index in [0.717, 1.165) is 28.1 Å². The van der Waals surface area contributed by atoms with Crippen LogP contribution in [-0.2, 0) is 20.1 Å². The van der Waals surface area contributed by atoms with Gasteiger partial charge in [0.05, 0.1) is 34.3 Å². The summed E-state index contributed by atoms with van der Waals surface area (Å²) >= 11 is 3.54. The van der Waals surface area contributed by atoms with Crippen molar-refractivity contribution in [2.75, 3.05) is 7.05 Å². The highest BCUT2D eigenvalue weighted by Gasteiger charge is 2.11. The van der Waals surface area contributed by atoms with Crippen LogP contribution < -0.4 is 5.32 Å². The van der Waals surface area contributed by atoms with Gasteiger partial charge >= 0.3 is 0 Å². The van der Waals surface area contributed by atoms with E-state index < -0.39 is 0 Å². The highest BCUT2D eigenvalue weighted by atomic mass is 79.9. The van der Waals surface area contributed by atoms with E-state index in [-0.39, 0.29) is 0 Å². The molecule has 0 radical (unpaired) electrons.